The van der Waals surface area contributed by atoms with Gasteiger partial charge in [-0.2, -0.15) is 13.2 Å². The third kappa shape index (κ3) is 2.01. The largest absolute Gasteiger partial charge is 0.507 e. The normalized spacial score (nSPS) is 16.5. The molecule has 4 heteroatoms. The highest BCUT2D eigenvalue weighted by Gasteiger charge is 2.37. The predicted molar refractivity (Wildman–Crippen MR) is 54.5 cm³/mol. The summed E-state index contributed by atoms with van der Waals surface area (Å²) in [6, 6.07) is 2.74. The fourth-order valence-electron chi connectivity index (χ4n) is 1.84. The molecule has 1 aliphatic rings. The molecule has 0 radical (unpaired) electrons. The number of alkyl halides is 3. The van der Waals surface area contributed by atoms with E-state index in [1.165, 1.54) is 0 Å². The van der Waals surface area contributed by atoms with E-state index in [4.69, 9.17) is 0 Å². The van der Waals surface area contributed by atoms with E-state index in [1.54, 1.807) is 6.07 Å². The van der Waals surface area contributed by atoms with Gasteiger partial charge in [0.2, 0.25) is 0 Å². The van der Waals surface area contributed by atoms with Crippen LogP contribution in [-0.2, 0) is 12.6 Å². The third-order valence-electron chi connectivity index (χ3n) is 2.93. The standard InChI is InChI=1S/C12H13F3O/c1-2-7-5-9(8-3-4-8)11(16)10(6-7)12(13,14)15/h5-6,8,16H,2-4H2,1H3. The Morgan fingerprint density at radius 1 is 1.31 bits per heavy atom. The van der Waals surface area contributed by atoms with Gasteiger partial charge in [0.05, 0.1) is 5.56 Å². The van der Waals surface area contributed by atoms with Crippen molar-refractivity contribution in [2.24, 2.45) is 0 Å². The number of benzene rings is 1. The number of phenolic OH excluding ortho intramolecular Hbond substituents is 1. The van der Waals surface area contributed by atoms with E-state index in [-0.39, 0.29) is 5.92 Å². The van der Waals surface area contributed by atoms with E-state index in [2.05, 4.69) is 0 Å². The Bertz CT molecular complexity index is 405. The highest BCUT2D eigenvalue weighted by molar-refractivity contribution is 5.48. The Labute approximate surface area is 91.9 Å². The van der Waals surface area contributed by atoms with Crippen molar-refractivity contribution in [1.29, 1.82) is 0 Å². The van der Waals surface area contributed by atoms with Crippen molar-refractivity contribution in [3.63, 3.8) is 0 Å². The SMILES string of the molecule is CCc1cc(C2CC2)c(O)c(C(F)(F)F)c1. The second-order valence-corrected chi connectivity index (χ2v) is 4.21. The maximum Gasteiger partial charge on any atom is 0.419 e. The predicted octanol–water partition coefficient (Wildman–Crippen LogP) is 3.85. The summed E-state index contributed by atoms with van der Waals surface area (Å²) in [5.41, 5.74) is 0.201. The fraction of sp³-hybridized carbons (Fsp3) is 0.500. The molecule has 1 saturated carbocycles. The van der Waals surface area contributed by atoms with Gasteiger partial charge < -0.3 is 5.11 Å². The third-order valence-corrected chi connectivity index (χ3v) is 2.93. The van der Waals surface area contributed by atoms with Crippen LogP contribution < -0.4 is 0 Å². The van der Waals surface area contributed by atoms with Crippen LogP contribution in [0.4, 0.5) is 13.2 Å². The van der Waals surface area contributed by atoms with Crippen molar-refractivity contribution in [3.8, 4) is 5.75 Å². The first-order valence-electron chi connectivity index (χ1n) is 5.36. The van der Waals surface area contributed by atoms with Crippen LogP contribution >= 0.6 is 0 Å². The van der Waals surface area contributed by atoms with Crippen molar-refractivity contribution >= 4 is 0 Å². The van der Waals surface area contributed by atoms with Crippen LogP contribution in [0.1, 0.15) is 42.4 Å². The molecule has 0 aromatic heterocycles. The highest BCUT2D eigenvalue weighted by Crippen LogP contribution is 2.48. The van der Waals surface area contributed by atoms with E-state index >= 15 is 0 Å². The summed E-state index contributed by atoms with van der Waals surface area (Å²) in [5.74, 6) is -0.459. The zero-order valence-corrected chi connectivity index (χ0v) is 8.93. The summed E-state index contributed by atoms with van der Waals surface area (Å²) in [5, 5.41) is 9.63. The maximum atomic E-state index is 12.7. The Morgan fingerprint density at radius 2 is 1.94 bits per heavy atom. The molecule has 1 aromatic carbocycles. The molecular weight excluding hydrogens is 217 g/mol. The summed E-state index contributed by atoms with van der Waals surface area (Å²) in [7, 11) is 0. The van der Waals surface area contributed by atoms with Gasteiger partial charge in [-0.25, -0.2) is 0 Å². The smallest absolute Gasteiger partial charge is 0.419 e. The molecule has 0 atom stereocenters. The molecule has 0 saturated heterocycles. The second-order valence-electron chi connectivity index (χ2n) is 4.21. The minimum atomic E-state index is -4.47. The number of hydrogen-bond donors (Lipinski definition) is 1. The summed E-state index contributed by atoms with van der Waals surface area (Å²) in [6.07, 6.45) is -2.18. The molecule has 0 amide bonds. The van der Waals surface area contributed by atoms with Crippen molar-refractivity contribution < 1.29 is 18.3 Å². The van der Waals surface area contributed by atoms with Crippen LogP contribution in [-0.4, -0.2) is 5.11 Å². The lowest BCUT2D eigenvalue weighted by Gasteiger charge is -2.14. The molecule has 1 fully saturated rings. The number of phenols is 1. The molecule has 1 N–H and O–H groups in total. The summed E-state index contributed by atoms with van der Waals surface area (Å²) < 4.78 is 38.0. The van der Waals surface area contributed by atoms with Crippen LogP contribution in [0.3, 0.4) is 0 Å². The van der Waals surface area contributed by atoms with Gasteiger partial charge in [0.1, 0.15) is 5.75 Å². The first kappa shape index (κ1) is 11.3. The number of hydrogen-bond acceptors (Lipinski definition) is 1. The molecule has 0 heterocycles. The summed E-state index contributed by atoms with van der Waals surface area (Å²) in [6.45, 7) is 1.81. The van der Waals surface area contributed by atoms with E-state index in [9.17, 15) is 18.3 Å². The van der Waals surface area contributed by atoms with Crippen LogP contribution in [0.5, 0.6) is 5.75 Å². The Morgan fingerprint density at radius 3 is 2.38 bits per heavy atom. The number of rotatable bonds is 2. The summed E-state index contributed by atoms with van der Waals surface area (Å²) in [4.78, 5) is 0. The van der Waals surface area contributed by atoms with Gasteiger partial charge in [0, 0.05) is 0 Å². The van der Waals surface area contributed by atoms with Crippen LogP contribution in [0, 0.1) is 0 Å². The van der Waals surface area contributed by atoms with E-state index < -0.39 is 17.5 Å². The number of aromatic hydroxyl groups is 1. The Balaban J connectivity index is 2.54. The first-order chi connectivity index (χ1) is 7.43. The van der Waals surface area contributed by atoms with Gasteiger partial charge >= 0.3 is 6.18 Å². The quantitative estimate of drug-likeness (QED) is 0.818. The fourth-order valence-corrected chi connectivity index (χ4v) is 1.84. The topological polar surface area (TPSA) is 20.2 Å². The monoisotopic (exact) mass is 230 g/mol. The Kier molecular flexibility index (Phi) is 2.60. The minimum Gasteiger partial charge on any atom is -0.507 e. The lowest BCUT2D eigenvalue weighted by molar-refractivity contribution is -0.138. The molecule has 1 aromatic rings. The lowest BCUT2D eigenvalue weighted by Crippen LogP contribution is -2.07. The summed E-state index contributed by atoms with van der Waals surface area (Å²) >= 11 is 0. The minimum absolute atomic E-state index is 0.118. The van der Waals surface area contributed by atoms with Crippen molar-refractivity contribution in [1.82, 2.24) is 0 Å². The van der Waals surface area contributed by atoms with Crippen molar-refractivity contribution in [3.05, 3.63) is 28.8 Å². The molecule has 0 unspecified atom stereocenters. The number of aryl methyl sites for hydroxylation is 1. The average molecular weight is 230 g/mol. The molecule has 2 rings (SSSR count). The van der Waals surface area contributed by atoms with Crippen molar-refractivity contribution in [2.45, 2.75) is 38.3 Å². The molecule has 0 bridgehead atoms. The van der Waals surface area contributed by atoms with Crippen LogP contribution in [0.25, 0.3) is 0 Å². The van der Waals surface area contributed by atoms with Gasteiger partial charge in [-0.1, -0.05) is 13.0 Å². The maximum absolute atomic E-state index is 12.7. The van der Waals surface area contributed by atoms with Gasteiger partial charge in [0.25, 0.3) is 0 Å². The molecule has 88 valence electrons. The highest BCUT2D eigenvalue weighted by atomic mass is 19.4. The molecule has 0 aliphatic heterocycles. The zero-order valence-electron chi connectivity index (χ0n) is 8.93. The second kappa shape index (κ2) is 3.68. The molecule has 16 heavy (non-hydrogen) atoms. The van der Waals surface area contributed by atoms with E-state index in [1.807, 2.05) is 6.92 Å². The van der Waals surface area contributed by atoms with E-state index in [0.29, 0.717) is 17.5 Å². The zero-order chi connectivity index (χ0) is 11.9. The Hall–Kier alpha value is -1.19. The molecule has 0 spiro atoms. The van der Waals surface area contributed by atoms with E-state index in [0.717, 1.165) is 18.9 Å². The first-order valence-corrected chi connectivity index (χ1v) is 5.36. The van der Waals surface area contributed by atoms with Crippen LogP contribution in [0.2, 0.25) is 0 Å². The van der Waals surface area contributed by atoms with Gasteiger partial charge in [-0.15, -0.1) is 0 Å². The van der Waals surface area contributed by atoms with Gasteiger partial charge in [-0.3, -0.25) is 0 Å². The van der Waals surface area contributed by atoms with Crippen LogP contribution in [0.15, 0.2) is 12.1 Å². The lowest BCUT2D eigenvalue weighted by atomic mass is 9.99. The average Bonchev–Trinajstić information content (AvgIpc) is 3.00. The molecular formula is C12H13F3O. The number of halogens is 3. The van der Waals surface area contributed by atoms with Crippen molar-refractivity contribution in [2.75, 3.05) is 0 Å². The molecule has 1 aliphatic carbocycles. The van der Waals surface area contributed by atoms with Gasteiger partial charge in [-0.05, 0) is 42.4 Å². The van der Waals surface area contributed by atoms with Gasteiger partial charge in [0.15, 0.2) is 0 Å². The molecule has 1 nitrogen and oxygen atoms in total.